The topological polar surface area (TPSA) is 113 Å². The fourth-order valence-electron chi connectivity index (χ4n) is 5.72. The Labute approximate surface area is 211 Å². The second-order valence-corrected chi connectivity index (χ2v) is 10.2. The van der Waals surface area contributed by atoms with Crippen LogP contribution in [-0.2, 0) is 19.1 Å². The lowest BCUT2D eigenvalue weighted by Crippen LogP contribution is -2.45. The van der Waals surface area contributed by atoms with Crippen molar-refractivity contribution in [2.75, 3.05) is 25.0 Å². The largest absolute Gasteiger partial charge is 0.376 e. The number of anilines is 1. The van der Waals surface area contributed by atoms with Crippen molar-refractivity contribution in [1.82, 2.24) is 9.80 Å². The Bertz CT molecular complexity index is 1010. The van der Waals surface area contributed by atoms with E-state index in [1.54, 1.807) is 12.1 Å². The highest BCUT2D eigenvalue weighted by atomic mass is 16.5. The number of rotatable bonds is 6. The molecule has 1 unspecified atom stereocenters. The summed E-state index contributed by atoms with van der Waals surface area (Å²) in [5.74, 6) is -2.60. The van der Waals surface area contributed by atoms with Crippen LogP contribution in [0.2, 0.25) is 0 Å². The van der Waals surface area contributed by atoms with E-state index in [0.717, 1.165) is 41.9 Å². The molecule has 1 spiro atoms. The Kier molecular flexibility index (Phi) is 8.18. The molecule has 1 aromatic carbocycles. The number of hydrogen-bond acceptors (Lipinski definition) is 6. The molecule has 2 aliphatic heterocycles. The predicted molar refractivity (Wildman–Crippen MR) is 132 cm³/mol. The highest BCUT2D eigenvalue weighted by Crippen LogP contribution is 2.45. The van der Waals surface area contributed by atoms with Gasteiger partial charge in [-0.15, -0.1) is 0 Å². The van der Waals surface area contributed by atoms with E-state index in [4.69, 9.17) is 4.74 Å². The molecule has 36 heavy (non-hydrogen) atoms. The summed E-state index contributed by atoms with van der Waals surface area (Å²) in [6.45, 7) is 1.49. The minimum Gasteiger partial charge on any atom is -0.376 e. The molecule has 5 amide bonds. The van der Waals surface area contributed by atoms with E-state index < -0.39 is 30.2 Å². The summed E-state index contributed by atoms with van der Waals surface area (Å²) in [6.07, 6.45) is 10.9. The number of ether oxygens (including phenoxy) is 1. The first-order valence-corrected chi connectivity index (χ1v) is 13.0. The Morgan fingerprint density at radius 1 is 0.889 bits per heavy atom. The number of nitrogens with zero attached hydrogens (tertiary/aromatic N) is 2. The van der Waals surface area contributed by atoms with Gasteiger partial charge in [-0.05, 0) is 43.5 Å². The Morgan fingerprint density at radius 3 is 2.08 bits per heavy atom. The smallest absolute Gasteiger partial charge is 0.334 e. The average molecular weight is 498 g/mol. The summed E-state index contributed by atoms with van der Waals surface area (Å²) in [6, 6.07) is 5.38. The van der Waals surface area contributed by atoms with Crippen molar-refractivity contribution in [1.29, 1.82) is 0 Å². The van der Waals surface area contributed by atoms with Gasteiger partial charge in [-0.3, -0.25) is 24.1 Å². The number of carbonyl (C=O) groups excluding carboxylic acids is 5. The van der Waals surface area contributed by atoms with Crippen LogP contribution in [0.3, 0.4) is 0 Å². The number of ketones is 1. The van der Waals surface area contributed by atoms with Crippen LogP contribution in [0.5, 0.6) is 0 Å². The number of benzene rings is 1. The molecule has 0 bridgehead atoms. The van der Waals surface area contributed by atoms with Crippen molar-refractivity contribution in [3.8, 4) is 0 Å². The van der Waals surface area contributed by atoms with E-state index in [0.29, 0.717) is 12.3 Å². The maximum atomic E-state index is 13.1. The van der Waals surface area contributed by atoms with Crippen LogP contribution in [0.25, 0.3) is 0 Å². The Hall–Kier alpha value is -3.07. The molecule has 194 valence electrons. The fourth-order valence-corrected chi connectivity index (χ4v) is 5.72. The minimum absolute atomic E-state index is 0.0412. The predicted octanol–water partition coefficient (Wildman–Crippen LogP) is 3.92. The van der Waals surface area contributed by atoms with Gasteiger partial charge >= 0.3 is 17.8 Å². The third-order valence-electron chi connectivity index (χ3n) is 7.76. The first kappa shape index (κ1) is 26.0. The van der Waals surface area contributed by atoms with Crippen molar-refractivity contribution in [3.63, 3.8) is 0 Å². The summed E-state index contributed by atoms with van der Waals surface area (Å²) in [7, 11) is 0. The van der Waals surface area contributed by atoms with Gasteiger partial charge in [0.25, 0.3) is 0 Å². The summed E-state index contributed by atoms with van der Waals surface area (Å²) in [5.41, 5.74) is 0.717. The molecule has 1 atom stereocenters. The zero-order valence-electron chi connectivity index (χ0n) is 20.9. The second kappa shape index (κ2) is 11.3. The van der Waals surface area contributed by atoms with Crippen LogP contribution in [0.4, 0.5) is 10.5 Å². The zero-order chi connectivity index (χ0) is 25.7. The van der Waals surface area contributed by atoms with Gasteiger partial charge in [0, 0.05) is 30.2 Å². The molecular formula is C27H35N3O6. The fraction of sp³-hybridized carbons (Fsp3) is 0.593. The molecule has 1 aromatic rings. The summed E-state index contributed by atoms with van der Waals surface area (Å²) >= 11 is 0. The van der Waals surface area contributed by atoms with Gasteiger partial charge in [0.1, 0.15) is 0 Å². The van der Waals surface area contributed by atoms with Gasteiger partial charge in [0.05, 0.1) is 19.2 Å². The molecule has 3 fully saturated rings. The quantitative estimate of drug-likeness (QED) is 0.362. The van der Waals surface area contributed by atoms with Gasteiger partial charge in [-0.25, -0.2) is 9.69 Å². The molecule has 0 radical (unpaired) electrons. The first-order chi connectivity index (χ1) is 17.3. The van der Waals surface area contributed by atoms with Crippen molar-refractivity contribution in [2.24, 2.45) is 5.41 Å². The van der Waals surface area contributed by atoms with Crippen molar-refractivity contribution in [3.05, 3.63) is 29.8 Å². The highest BCUT2D eigenvalue weighted by molar-refractivity contribution is 6.45. The summed E-state index contributed by atoms with van der Waals surface area (Å²) < 4.78 is 6.06. The average Bonchev–Trinajstić information content (AvgIpc) is 3.33. The number of imide groups is 2. The van der Waals surface area contributed by atoms with E-state index in [2.05, 4.69) is 5.32 Å². The SMILES string of the molecule is CC(=O)Nc1ccc(C(=O)CN2C(=O)C(=O)N(CC3OCCC34CCCCCCCCC4)C2=O)cc1. The third-order valence-corrected chi connectivity index (χ3v) is 7.76. The first-order valence-electron chi connectivity index (χ1n) is 13.0. The zero-order valence-corrected chi connectivity index (χ0v) is 20.9. The molecule has 1 N–H and O–H groups in total. The second-order valence-electron chi connectivity index (χ2n) is 10.2. The molecule has 2 saturated heterocycles. The lowest BCUT2D eigenvalue weighted by molar-refractivity contribution is -0.143. The van der Waals surface area contributed by atoms with E-state index in [1.807, 2.05) is 0 Å². The number of hydrogen-bond donors (Lipinski definition) is 1. The lowest BCUT2D eigenvalue weighted by Gasteiger charge is -2.36. The van der Waals surface area contributed by atoms with Gasteiger partial charge in [-0.1, -0.05) is 44.9 Å². The molecule has 3 aliphatic rings. The highest BCUT2D eigenvalue weighted by Gasteiger charge is 2.50. The maximum Gasteiger partial charge on any atom is 0.334 e. The maximum absolute atomic E-state index is 13.1. The number of amides is 5. The molecular weight excluding hydrogens is 462 g/mol. The molecule has 2 heterocycles. The van der Waals surface area contributed by atoms with E-state index in [9.17, 15) is 24.0 Å². The molecule has 9 nitrogen and oxygen atoms in total. The number of nitrogens with one attached hydrogen (secondary N) is 1. The van der Waals surface area contributed by atoms with Crippen molar-refractivity contribution < 1.29 is 28.7 Å². The van der Waals surface area contributed by atoms with Gasteiger partial charge in [0.15, 0.2) is 5.78 Å². The number of carbonyl (C=O) groups is 5. The molecule has 1 saturated carbocycles. The molecule has 0 aromatic heterocycles. The number of Topliss-reactive ketones (excluding diaryl/α,β-unsaturated/α-hetero) is 1. The minimum atomic E-state index is -0.985. The van der Waals surface area contributed by atoms with Gasteiger partial charge < -0.3 is 10.1 Å². The molecule has 1 aliphatic carbocycles. The van der Waals surface area contributed by atoms with Crippen LogP contribution >= 0.6 is 0 Å². The summed E-state index contributed by atoms with van der Waals surface area (Å²) in [4.78, 5) is 64.2. The normalized spacial score (nSPS) is 22.8. The van der Waals surface area contributed by atoms with Crippen LogP contribution in [-0.4, -0.2) is 65.1 Å². The van der Waals surface area contributed by atoms with E-state index >= 15 is 0 Å². The molecule has 9 heteroatoms. The lowest BCUT2D eigenvalue weighted by atomic mass is 9.72. The van der Waals surface area contributed by atoms with Crippen LogP contribution in [0.15, 0.2) is 24.3 Å². The monoisotopic (exact) mass is 497 g/mol. The number of urea groups is 1. The van der Waals surface area contributed by atoms with E-state index in [1.165, 1.54) is 51.2 Å². The van der Waals surface area contributed by atoms with Gasteiger partial charge in [0.2, 0.25) is 5.91 Å². The third kappa shape index (κ3) is 5.67. The molecule has 4 rings (SSSR count). The van der Waals surface area contributed by atoms with Crippen molar-refractivity contribution in [2.45, 2.75) is 77.2 Å². The van der Waals surface area contributed by atoms with Crippen molar-refractivity contribution >= 4 is 35.2 Å². The van der Waals surface area contributed by atoms with Crippen LogP contribution in [0.1, 0.15) is 81.5 Å². The van der Waals surface area contributed by atoms with Gasteiger partial charge in [-0.2, -0.15) is 0 Å². The summed E-state index contributed by atoms with van der Waals surface area (Å²) in [5, 5.41) is 2.61. The standard InChI is InChI=1S/C27H35N3O6/c1-19(31)28-21-11-9-20(10-12-21)22(32)17-29-24(33)25(34)30(26(29)35)18-23-27(15-16-36-23)13-7-5-3-2-4-6-8-14-27/h9-12,23H,2-8,13-18H2,1H3,(H,28,31). The Morgan fingerprint density at radius 2 is 1.47 bits per heavy atom. The van der Waals surface area contributed by atoms with Crippen LogP contribution < -0.4 is 5.32 Å². The Balaban J connectivity index is 1.42. The van der Waals surface area contributed by atoms with E-state index in [-0.39, 0.29) is 29.5 Å². The van der Waals surface area contributed by atoms with Crippen LogP contribution in [0, 0.1) is 5.41 Å².